The first-order valence-electron chi connectivity index (χ1n) is 18.5. The van der Waals surface area contributed by atoms with Gasteiger partial charge in [0.2, 0.25) is 0 Å². The molecule has 2 amide bonds. The number of thioether (sulfide) groups is 2. The van der Waals surface area contributed by atoms with Crippen LogP contribution in [0.1, 0.15) is 101 Å². The molecule has 0 N–H and O–H groups in total. The van der Waals surface area contributed by atoms with Gasteiger partial charge in [-0.25, -0.2) is 10.0 Å². The van der Waals surface area contributed by atoms with E-state index in [1.165, 1.54) is 49.2 Å². The molecule has 3 aromatic carbocycles. The van der Waals surface area contributed by atoms with E-state index in [0.717, 1.165) is 69.2 Å². The highest BCUT2D eigenvalue weighted by Gasteiger charge is 2.45. The van der Waals surface area contributed by atoms with Crippen molar-refractivity contribution >= 4 is 35.3 Å². The summed E-state index contributed by atoms with van der Waals surface area (Å²) in [5.41, 5.74) is 4.27. The minimum Gasteiger partial charge on any atom is -0.492 e. The van der Waals surface area contributed by atoms with Crippen LogP contribution in [-0.4, -0.2) is 35.0 Å². The molecule has 0 bridgehead atoms. The summed E-state index contributed by atoms with van der Waals surface area (Å²) in [5.74, 6) is 2.10. The number of rotatable bonds is 18. The van der Waals surface area contributed by atoms with E-state index in [9.17, 15) is 9.59 Å². The number of nitrogens with zero attached hydrogens (tertiary/aromatic N) is 2. The third kappa shape index (κ3) is 8.74. The third-order valence-corrected chi connectivity index (χ3v) is 12.6. The van der Waals surface area contributed by atoms with Crippen LogP contribution in [0.2, 0.25) is 0 Å². The summed E-state index contributed by atoms with van der Waals surface area (Å²) in [5, 5.41) is 3.23. The van der Waals surface area contributed by atoms with Crippen LogP contribution in [0.4, 0.5) is 0 Å². The first-order chi connectivity index (χ1) is 24.3. The second kappa shape index (κ2) is 18.2. The number of hydrogen-bond donors (Lipinski definition) is 0. The minimum absolute atomic E-state index is 0.221. The number of carbonyl (C=O) groups is 2. The Morgan fingerprint density at radius 2 is 1.02 bits per heavy atom. The highest BCUT2D eigenvalue weighted by Crippen LogP contribution is 2.61. The van der Waals surface area contributed by atoms with Gasteiger partial charge in [-0.1, -0.05) is 150 Å². The van der Waals surface area contributed by atoms with E-state index < -0.39 is 0 Å². The maximum atomic E-state index is 14.4. The van der Waals surface area contributed by atoms with Crippen LogP contribution in [0.15, 0.2) is 80.3 Å². The molecule has 0 aliphatic carbocycles. The van der Waals surface area contributed by atoms with Gasteiger partial charge in [-0.3, -0.25) is 9.59 Å². The van der Waals surface area contributed by atoms with E-state index in [2.05, 4.69) is 41.5 Å². The summed E-state index contributed by atoms with van der Waals surface area (Å²) in [6.07, 6.45) is 9.11. The monoisotopic (exact) mass is 714 g/mol. The quantitative estimate of drug-likeness (QED) is 0.0966. The van der Waals surface area contributed by atoms with Gasteiger partial charge in [-0.2, -0.15) is 0 Å². The highest BCUT2D eigenvalue weighted by molar-refractivity contribution is 8.25. The average molecular weight is 715 g/mol. The Kier molecular flexibility index (Phi) is 13.8. The smallest absolute Gasteiger partial charge is 0.280 e. The van der Waals surface area contributed by atoms with Crippen LogP contribution in [0, 0.1) is 25.7 Å². The molecular formula is C42H54N2O4S2. The van der Waals surface area contributed by atoms with Crippen LogP contribution in [0.25, 0.3) is 0 Å². The molecule has 0 radical (unpaired) electrons. The maximum absolute atomic E-state index is 14.4. The molecule has 1 fully saturated rings. The van der Waals surface area contributed by atoms with Crippen molar-refractivity contribution in [2.24, 2.45) is 11.8 Å². The zero-order valence-electron chi connectivity index (χ0n) is 30.8. The summed E-state index contributed by atoms with van der Waals surface area (Å²) < 4.78 is 14.1. The van der Waals surface area contributed by atoms with Crippen LogP contribution < -0.4 is 9.47 Å². The molecule has 2 heterocycles. The molecule has 268 valence electrons. The highest BCUT2D eigenvalue weighted by atomic mass is 32.2. The fourth-order valence-electron chi connectivity index (χ4n) is 6.50. The topological polar surface area (TPSA) is 59.1 Å². The van der Waals surface area contributed by atoms with Crippen molar-refractivity contribution in [2.75, 3.05) is 13.2 Å². The van der Waals surface area contributed by atoms with Gasteiger partial charge in [0.1, 0.15) is 17.1 Å². The van der Waals surface area contributed by atoms with Gasteiger partial charge in [0.05, 0.1) is 40.3 Å². The standard InChI is InChI=1S/C42H54N2O4S2/c1-7-11-19-31(9-3)27-47-36-29(5)30(6)37(48-28-32(10-4)20-12-8-2)39-38(36)49-42(50-39)35-40(45)43(25-33-21-15-13-16-22-33)44(41(35)46)26-34-23-17-14-18-24-34/h13-18,21-24,31-32H,7-12,19-20,25-28H2,1-6H3. The predicted molar refractivity (Wildman–Crippen MR) is 206 cm³/mol. The Morgan fingerprint density at radius 1 is 0.620 bits per heavy atom. The number of benzene rings is 3. The van der Waals surface area contributed by atoms with Crippen molar-refractivity contribution in [2.45, 2.75) is 116 Å². The van der Waals surface area contributed by atoms with Crippen LogP contribution in [-0.2, 0) is 22.7 Å². The van der Waals surface area contributed by atoms with E-state index >= 15 is 0 Å². The Hall–Kier alpha value is -3.36. The fourth-order valence-corrected chi connectivity index (χ4v) is 9.32. The van der Waals surface area contributed by atoms with Crippen LogP contribution in [0.5, 0.6) is 11.5 Å². The number of hydrazine groups is 1. The number of hydrogen-bond acceptors (Lipinski definition) is 6. The summed E-state index contributed by atoms with van der Waals surface area (Å²) in [6, 6.07) is 19.7. The van der Waals surface area contributed by atoms with Crippen molar-refractivity contribution in [1.82, 2.24) is 10.0 Å². The Labute approximate surface area is 308 Å². The summed E-state index contributed by atoms with van der Waals surface area (Å²) >= 11 is 2.99. The van der Waals surface area contributed by atoms with E-state index in [1.54, 1.807) is 10.0 Å². The van der Waals surface area contributed by atoms with E-state index in [4.69, 9.17) is 9.47 Å². The fraction of sp³-hybridized carbons (Fsp3) is 0.476. The molecular weight excluding hydrogens is 661 g/mol. The van der Waals surface area contributed by atoms with E-state index in [1.807, 2.05) is 60.7 Å². The van der Waals surface area contributed by atoms with Gasteiger partial charge in [-0.15, -0.1) is 0 Å². The second-order valence-corrected chi connectivity index (χ2v) is 15.9. The van der Waals surface area contributed by atoms with E-state index in [-0.39, 0.29) is 17.4 Å². The Morgan fingerprint density at radius 3 is 1.38 bits per heavy atom. The third-order valence-electron chi connectivity index (χ3n) is 10.0. The lowest BCUT2D eigenvalue weighted by Gasteiger charge is -2.27. The lowest BCUT2D eigenvalue weighted by atomic mass is 10.00. The van der Waals surface area contributed by atoms with Gasteiger partial charge < -0.3 is 9.47 Å². The molecule has 2 aliphatic rings. The largest absolute Gasteiger partial charge is 0.492 e. The number of unbranched alkanes of at least 4 members (excludes halogenated alkanes) is 2. The van der Waals surface area contributed by atoms with Gasteiger partial charge >= 0.3 is 0 Å². The number of fused-ring (bicyclic) bond motifs is 1. The normalized spacial score (nSPS) is 15.6. The maximum Gasteiger partial charge on any atom is 0.280 e. The molecule has 3 aromatic rings. The number of amides is 2. The molecule has 6 nitrogen and oxygen atoms in total. The minimum atomic E-state index is -0.271. The molecule has 1 saturated heterocycles. The molecule has 2 atom stereocenters. The molecule has 8 heteroatoms. The van der Waals surface area contributed by atoms with Crippen molar-refractivity contribution in [1.29, 1.82) is 0 Å². The Balaban J connectivity index is 1.54. The summed E-state index contributed by atoms with van der Waals surface area (Å²) in [6.45, 7) is 15.1. The van der Waals surface area contributed by atoms with Gasteiger partial charge in [0, 0.05) is 0 Å². The zero-order valence-corrected chi connectivity index (χ0v) is 32.4. The van der Waals surface area contributed by atoms with Gasteiger partial charge in [0.25, 0.3) is 11.8 Å². The lowest BCUT2D eigenvalue weighted by Crippen LogP contribution is -2.39. The average Bonchev–Trinajstić information content (AvgIpc) is 3.65. The van der Waals surface area contributed by atoms with Crippen LogP contribution >= 0.6 is 23.5 Å². The zero-order chi connectivity index (χ0) is 35.6. The molecule has 2 aliphatic heterocycles. The first kappa shape index (κ1) is 37.9. The Bertz CT molecular complexity index is 1520. The van der Waals surface area contributed by atoms with E-state index in [0.29, 0.717) is 42.4 Å². The first-order valence-corrected chi connectivity index (χ1v) is 20.2. The number of carbonyl (C=O) groups excluding carboxylic acids is 2. The summed E-state index contributed by atoms with van der Waals surface area (Å²) in [7, 11) is 0. The molecule has 5 rings (SSSR count). The van der Waals surface area contributed by atoms with Gasteiger partial charge in [-0.05, 0) is 60.8 Å². The predicted octanol–water partition coefficient (Wildman–Crippen LogP) is 10.9. The van der Waals surface area contributed by atoms with Crippen molar-refractivity contribution < 1.29 is 19.1 Å². The molecule has 0 aromatic heterocycles. The van der Waals surface area contributed by atoms with Crippen LogP contribution in [0.3, 0.4) is 0 Å². The summed E-state index contributed by atoms with van der Waals surface area (Å²) in [4.78, 5) is 30.7. The van der Waals surface area contributed by atoms with Crippen molar-refractivity contribution in [3.8, 4) is 11.5 Å². The van der Waals surface area contributed by atoms with Gasteiger partial charge in [0.15, 0.2) is 0 Å². The molecule has 0 spiro atoms. The SMILES string of the molecule is CCCCC(CC)COc1c(C)c(C)c(OCC(CC)CCCC)c2c1SC(=C1C(=O)N(Cc3ccccc3)N(Cc3ccccc3)C1=O)S2. The molecule has 50 heavy (non-hydrogen) atoms. The number of ether oxygens (including phenoxy) is 2. The molecule has 0 saturated carbocycles. The van der Waals surface area contributed by atoms with Crippen molar-refractivity contribution in [3.05, 3.63) is 92.7 Å². The molecule has 2 unspecified atom stereocenters. The van der Waals surface area contributed by atoms with Crippen molar-refractivity contribution in [3.63, 3.8) is 0 Å². The lowest BCUT2D eigenvalue weighted by molar-refractivity contribution is -0.149. The second-order valence-electron chi connectivity index (χ2n) is 13.6.